The molecule has 0 saturated heterocycles. The molecular weight excluding hydrogens is 310 g/mol. The molecule has 0 atom stereocenters. The molecule has 1 heterocycles. The van der Waals surface area contributed by atoms with Crippen molar-refractivity contribution in [2.45, 2.75) is 39.2 Å². The van der Waals surface area contributed by atoms with Crippen LogP contribution in [0.15, 0.2) is 59.4 Å². The number of benzene rings is 2. The second-order valence-electron chi connectivity index (χ2n) is 7.18. The molecule has 0 radical (unpaired) electrons. The summed E-state index contributed by atoms with van der Waals surface area (Å²) in [5.41, 5.74) is 3.47. The summed E-state index contributed by atoms with van der Waals surface area (Å²) in [5, 5.41) is 1.05. The normalized spacial score (nSPS) is 11.7. The number of ether oxygens (including phenoxy) is 1. The summed E-state index contributed by atoms with van der Waals surface area (Å²) < 4.78 is 7.67. The van der Waals surface area contributed by atoms with Crippen LogP contribution in [0.2, 0.25) is 0 Å². The van der Waals surface area contributed by atoms with Crippen LogP contribution >= 0.6 is 0 Å². The molecule has 130 valence electrons. The Hall–Kier alpha value is -2.55. The summed E-state index contributed by atoms with van der Waals surface area (Å²) >= 11 is 0. The molecule has 0 aliphatic heterocycles. The maximum Gasteiger partial charge on any atom is 0.250 e. The van der Waals surface area contributed by atoms with Crippen molar-refractivity contribution in [3.05, 3.63) is 76.1 Å². The van der Waals surface area contributed by atoms with Crippen molar-refractivity contribution in [2.24, 2.45) is 7.05 Å². The van der Waals surface area contributed by atoms with Crippen molar-refractivity contribution >= 4 is 10.9 Å². The van der Waals surface area contributed by atoms with Crippen LogP contribution in [0, 0.1) is 0 Å². The highest BCUT2D eigenvalue weighted by atomic mass is 16.5. The molecule has 2 aromatic carbocycles. The summed E-state index contributed by atoms with van der Waals surface area (Å²) in [5.74, 6) is 0.889. The summed E-state index contributed by atoms with van der Waals surface area (Å²) in [6.45, 7) is 7.21. The first-order chi connectivity index (χ1) is 11.9. The van der Waals surface area contributed by atoms with Gasteiger partial charge in [-0.15, -0.1) is 0 Å². The summed E-state index contributed by atoms with van der Waals surface area (Å²) in [6, 6.07) is 17.9. The van der Waals surface area contributed by atoms with E-state index in [1.165, 1.54) is 5.56 Å². The van der Waals surface area contributed by atoms with E-state index in [4.69, 9.17) is 4.74 Å². The minimum Gasteiger partial charge on any atom is -0.489 e. The van der Waals surface area contributed by atoms with Gasteiger partial charge in [-0.05, 0) is 58.7 Å². The number of nitrogens with zero attached hydrogens (tertiary/aromatic N) is 1. The van der Waals surface area contributed by atoms with Gasteiger partial charge in [-0.2, -0.15) is 0 Å². The van der Waals surface area contributed by atoms with Gasteiger partial charge in [0.2, 0.25) is 0 Å². The third-order valence-corrected chi connectivity index (χ3v) is 5.09. The van der Waals surface area contributed by atoms with Crippen molar-refractivity contribution in [3.63, 3.8) is 0 Å². The molecule has 0 unspecified atom stereocenters. The Morgan fingerprint density at radius 1 is 1.04 bits per heavy atom. The number of aryl methyl sites for hydroxylation is 1. The highest BCUT2D eigenvalue weighted by Gasteiger charge is 2.18. The number of pyridine rings is 1. The molecule has 3 nitrogen and oxygen atoms in total. The van der Waals surface area contributed by atoms with Crippen LogP contribution in [0.5, 0.6) is 5.75 Å². The molecule has 3 heteroatoms. The second kappa shape index (κ2) is 6.75. The summed E-state index contributed by atoms with van der Waals surface area (Å²) in [4.78, 5) is 11.7. The van der Waals surface area contributed by atoms with Crippen molar-refractivity contribution in [1.82, 2.24) is 4.57 Å². The first kappa shape index (κ1) is 17.3. The van der Waals surface area contributed by atoms with Crippen LogP contribution in [0.25, 0.3) is 10.9 Å². The van der Waals surface area contributed by atoms with Crippen LogP contribution in [-0.2, 0) is 19.1 Å². The van der Waals surface area contributed by atoms with Gasteiger partial charge in [0.15, 0.2) is 0 Å². The number of aromatic nitrogens is 1. The third kappa shape index (κ3) is 3.60. The predicted molar refractivity (Wildman–Crippen MR) is 103 cm³/mol. The van der Waals surface area contributed by atoms with Gasteiger partial charge in [-0.3, -0.25) is 4.79 Å². The Morgan fingerprint density at radius 3 is 2.60 bits per heavy atom. The van der Waals surface area contributed by atoms with Gasteiger partial charge in [0.05, 0.1) is 5.52 Å². The third-order valence-electron chi connectivity index (χ3n) is 5.09. The molecule has 0 fully saturated rings. The molecule has 0 N–H and O–H groups in total. The molecule has 3 rings (SSSR count). The van der Waals surface area contributed by atoms with Gasteiger partial charge in [0.25, 0.3) is 5.56 Å². The number of rotatable bonds is 5. The molecule has 0 amide bonds. The lowest BCUT2D eigenvalue weighted by atomic mass is 9.82. The Balaban J connectivity index is 1.80. The zero-order valence-electron chi connectivity index (χ0n) is 15.4. The zero-order valence-corrected chi connectivity index (χ0v) is 15.4. The predicted octanol–water partition coefficient (Wildman–Crippen LogP) is 4.81. The Kier molecular flexibility index (Phi) is 4.67. The van der Waals surface area contributed by atoms with Crippen LogP contribution in [0.3, 0.4) is 0 Å². The maximum atomic E-state index is 11.7. The molecule has 0 spiro atoms. The standard InChI is InChI=1S/C22H25NO2/c1-5-22(2,3)18-7-6-8-19(14-18)25-15-16-9-11-20-17(13-16)10-12-21(24)23(20)4/h6-14H,5,15H2,1-4H3. The van der Waals surface area contributed by atoms with Crippen molar-refractivity contribution in [1.29, 1.82) is 0 Å². The van der Waals surface area contributed by atoms with Gasteiger partial charge in [-0.1, -0.05) is 39.0 Å². The van der Waals surface area contributed by atoms with Gasteiger partial charge in [0.1, 0.15) is 12.4 Å². The van der Waals surface area contributed by atoms with E-state index in [1.807, 2.05) is 24.3 Å². The molecule has 0 aliphatic rings. The maximum absolute atomic E-state index is 11.7. The fourth-order valence-electron chi connectivity index (χ4n) is 2.90. The lowest BCUT2D eigenvalue weighted by Gasteiger charge is -2.23. The Morgan fingerprint density at radius 2 is 1.84 bits per heavy atom. The molecule has 3 aromatic rings. The minimum absolute atomic E-state index is 0.00635. The van der Waals surface area contributed by atoms with Crippen LogP contribution in [0.4, 0.5) is 0 Å². The Labute approximate surface area is 148 Å². The van der Waals surface area contributed by atoms with Crippen molar-refractivity contribution in [3.8, 4) is 5.75 Å². The van der Waals surface area contributed by atoms with Crippen LogP contribution in [0.1, 0.15) is 38.3 Å². The average Bonchev–Trinajstić information content (AvgIpc) is 2.63. The van der Waals surface area contributed by atoms with Gasteiger partial charge in [0, 0.05) is 13.1 Å². The van der Waals surface area contributed by atoms with E-state index >= 15 is 0 Å². The monoisotopic (exact) mass is 335 g/mol. The van der Waals surface area contributed by atoms with E-state index in [-0.39, 0.29) is 11.0 Å². The van der Waals surface area contributed by atoms with Gasteiger partial charge >= 0.3 is 0 Å². The lowest BCUT2D eigenvalue weighted by Crippen LogP contribution is -2.15. The molecule has 25 heavy (non-hydrogen) atoms. The van der Waals surface area contributed by atoms with Gasteiger partial charge in [-0.25, -0.2) is 0 Å². The van der Waals surface area contributed by atoms with Gasteiger partial charge < -0.3 is 9.30 Å². The van der Waals surface area contributed by atoms with E-state index in [2.05, 4.69) is 45.0 Å². The van der Waals surface area contributed by atoms with E-state index in [1.54, 1.807) is 17.7 Å². The number of fused-ring (bicyclic) bond motifs is 1. The van der Waals surface area contributed by atoms with E-state index in [0.717, 1.165) is 28.6 Å². The van der Waals surface area contributed by atoms with E-state index in [9.17, 15) is 4.79 Å². The smallest absolute Gasteiger partial charge is 0.250 e. The van der Waals surface area contributed by atoms with Crippen molar-refractivity contribution < 1.29 is 4.74 Å². The largest absolute Gasteiger partial charge is 0.489 e. The fourth-order valence-corrected chi connectivity index (χ4v) is 2.90. The highest BCUT2D eigenvalue weighted by molar-refractivity contribution is 5.79. The molecule has 0 bridgehead atoms. The minimum atomic E-state index is 0.00635. The summed E-state index contributed by atoms with van der Waals surface area (Å²) in [6.07, 6.45) is 1.08. The molecule has 0 aliphatic carbocycles. The number of hydrogen-bond donors (Lipinski definition) is 0. The number of hydrogen-bond acceptors (Lipinski definition) is 2. The highest BCUT2D eigenvalue weighted by Crippen LogP contribution is 2.29. The topological polar surface area (TPSA) is 31.2 Å². The van der Waals surface area contributed by atoms with Crippen LogP contribution < -0.4 is 10.3 Å². The molecule has 0 saturated carbocycles. The SMILES string of the molecule is CCC(C)(C)c1cccc(OCc2ccc3c(ccc(=O)n3C)c2)c1. The van der Waals surface area contributed by atoms with E-state index in [0.29, 0.717) is 6.61 Å². The first-order valence-corrected chi connectivity index (χ1v) is 8.73. The summed E-state index contributed by atoms with van der Waals surface area (Å²) in [7, 11) is 1.79. The molecule has 1 aromatic heterocycles. The van der Waals surface area contributed by atoms with Crippen LogP contribution in [-0.4, -0.2) is 4.57 Å². The Bertz CT molecular complexity index is 954. The van der Waals surface area contributed by atoms with Crippen molar-refractivity contribution in [2.75, 3.05) is 0 Å². The lowest BCUT2D eigenvalue weighted by molar-refractivity contribution is 0.305. The average molecular weight is 335 g/mol. The van der Waals surface area contributed by atoms with E-state index < -0.39 is 0 Å². The second-order valence-corrected chi connectivity index (χ2v) is 7.18. The fraction of sp³-hybridized carbons (Fsp3) is 0.318. The zero-order chi connectivity index (χ0) is 18.0. The molecular formula is C22H25NO2. The first-order valence-electron chi connectivity index (χ1n) is 8.73. The quantitative estimate of drug-likeness (QED) is 0.670.